The molecule has 58 heavy (non-hydrogen) atoms. The topological polar surface area (TPSA) is 86.3 Å². The Labute approximate surface area is 319 Å². The van der Waals surface area contributed by atoms with Crippen molar-refractivity contribution < 1.29 is 43.9 Å². The Balaban J connectivity index is 1.44. The fourth-order valence-electron chi connectivity index (χ4n) is 7.14. The molecule has 0 unspecified atom stereocenters. The van der Waals surface area contributed by atoms with Crippen LogP contribution in [0.1, 0.15) is 11.4 Å². The zero-order valence-corrected chi connectivity index (χ0v) is 29.0. The van der Waals surface area contributed by atoms with E-state index in [4.69, 9.17) is 5.73 Å². The second-order valence-corrected chi connectivity index (χ2v) is 13.3. The lowest BCUT2D eigenvalue weighted by atomic mass is 10.00. The summed E-state index contributed by atoms with van der Waals surface area (Å²) in [6.07, 6.45) is 2.58. The van der Waals surface area contributed by atoms with Crippen LogP contribution in [0.5, 0.6) is 0 Å². The maximum atomic E-state index is 15.6. The van der Waals surface area contributed by atoms with Gasteiger partial charge in [-0.2, -0.15) is 0 Å². The summed E-state index contributed by atoms with van der Waals surface area (Å²) in [5, 5.41) is 0. The summed E-state index contributed by atoms with van der Waals surface area (Å²) in [6, 6.07) is 22.3. The van der Waals surface area contributed by atoms with E-state index < -0.39 is 80.4 Å². The number of nitrogen functional groups attached to an aromatic ring is 1. The molecule has 5 nitrogen and oxygen atoms in total. The van der Waals surface area contributed by atoms with E-state index in [2.05, 4.69) is 19.9 Å². The van der Waals surface area contributed by atoms with Gasteiger partial charge < -0.3 is 20.7 Å². The minimum Gasteiger partial charge on any atom is -0.399 e. The molecule has 0 radical (unpaired) electrons. The lowest BCUT2D eigenvalue weighted by Gasteiger charge is -2.10. The number of nitrogens with one attached hydrogen (secondary N) is 3. The predicted octanol–water partition coefficient (Wildman–Crippen LogP) is 12.3. The maximum Gasteiger partial charge on any atom is 0.200 e. The van der Waals surface area contributed by atoms with E-state index in [-0.39, 0.29) is 44.5 Å². The summed E-state index contributed by atoms with van der Waals surface area (Å²) in [5.74, 6) is -21.9. The van der Waals surface area contributed by atoms with E-state index in [1.807, 2.05) is 0 Å². The first kappa shape index (κ1) is 36.4. The number of aromatic nitrogens is 4. The van der Waals surface area contributed by atoms with Gasteiger partial charge in [-0.1, -0.05) is 36.4 Å². The summed E-state index contributed by atoms with van der Waals surface area (Å²) in [6.45, 7) is 0. The Morgan fingerprint density at radius 2 is 0.638 bits per heavy atom. The molecule has 15 heteroatoms. The zero-order valence-electron chi connectivity index (χ0n) is 29.0. The average molecular weight is 798 g/mol. The first-order valence-electron chi connectivity index (χ1n) is 17.2. The van der Waals surface area contributed by atoms with Crippen molar-refractivity contribution in [1.82, 2.24) is 19.9 Å². The van der Waals surface area contributed by atoms with Crippen LogP contribution in [-0.2, 0) is 0 Å². The highest BCUT2D eigenvalue weighted by molar-refractivity contribution is 6.01. The van der Waals surface area contributed by atoms with Crippen LogP contribution in [0.3, 0.4) is 0 Å². The van der Waals surface area contributed by atoms with Crippen molar-refractivity contribution in [3.05, 3.63) is 154 Å². The van der Waals surface area contributed by atoms with Crippen molar-refractivity contribution >= 4 is 50.9 Å². The second kappa shape index (κ2) is 13.4. The number of nitrogens with zero attached hydrogens (tertiary/aromatic N) is 1. The lowest BCUT2D eigenvalue weighted by Crippen LogP contribution is -2.05. The van der Waals surface area contributed by atoms with Gasteiger partial charge in [-0.15, -0.1) is 0 Å². The SMILES string of the molecule is Nc1ccc(-c2ccc(-c3c4ccc([nH]4)c(-c4c(F)c(F)c(F)c(F)c4F)c4nc(c5ccc([nH]5)c(-c5c(F)c(F)c(F)c(F)c5F)c5ccc3[nH]5)C=C4)cc2)cc1. The molecule has 8 aromatic rings. The van der Waals surface area contributed by atoms with Gasteiger partial charge in [-0.3, -0.25) is 0 Å². The summed E-state index contributed by atoms with van der Waals surface area (Å²) >= 11 is 0. The third kappa shape index (κ3) is 5.60. The number of benzene rings is 4. The molecule has 0 saturated heterocycles. The molecule has 0 saturated carbocycles. The molecule has 1 aliphatic rings. The number of hydrogen-bond acceptors (Lipinski definition) is 2. The number of aromatic amines is 3. The molecule has 0 aliphatic carbocycles. The molecular weight excluding hydrogens is 776 g/mol. The Morgan fingerprint density at radius 1 is 0.310 bits per heavy atom. The normalized spacial score (nSPS) is 12.0. The molecule has 288 valence electrons. The smallest absolute Gasteiger partial charge is 0.200 e. The van der Waals surface area contributed by atoms with Gasteiger partial charge in [0.25, 0.3) is 0 Å². The van der Waals surface area contributed by atoms with Crippen LogP contribution in [-0.4, -0.2) is 19.9 Å². The Bertz CT molecular complexity index is 3120. The zero-order chi connectivity index (χ0) is 40.7. The third-order valence-corrected chi connectivity index (χ3v) is 9.91. The van der Waals surface area contributed by atoms with Gasteiger partial charge in [-0.05, 0) is 77.4 Å². The van der Waals surface area contributed by atoms with Gasteiger partial charge in [-0.25, -0.2) is 48.9 Å². The van der Waals surface area contributed by atoms with Gasteiger partial charge in [0.15, 0.2) is 46.5 Å². The van der Waals surface area contributed by atoms with Gasteiger partial charge in [0.2, 0.25) is 11.6 Å². The Hall–Kier alpha value is -7.29. The second-order valence-electron chi connectivity index (χ2n) is 13.3. The van der Waals surface area contributed by atoms with Gasteiger partial charge in [0.1, 0.15) is 0 Å². The molecule has 0 atom stereocenters. The van der Waals surface area contributed by atoms with Crippen LogP contribution < -0.4 is 5.73 Å². The Morgan fingerprint density at radius 3 is 1.12 bits per heavy atom. The van der Waals surface area contributed by atoms with Gasteiger partial charge in [0.05, 0.1) is 28.0 Å². The number of fused-ring (bicyclic) bond motifs is 9. The van der Waals surface area contributed by atoms with Gasteiger partial charge >= 0.3 is 0 Å². The quantitative estimate of drug-likeness (QED) is 0.0619. The molecule has 8 bridgehead atoms. The van der Waals surface area contributed by atoms with Crippen molar-refractivity contribution in [2.75, 3.05) is 5.73 Å². The highest BCUT2D eigenvalue weighted by Crippen LogP contribution is 2.41. The highest BCUT2D eigenvalue weighted by Gasteiger charge is 2.31. The van der Waals surface area contributed by atoms with Crippen LogP contribution >= 0.6 is 0 Å². The van der Waals surface area contributed by atoms with E-state index in [0.717, 1.165) is 11.1 Å². The van der Waals surface area contributed by atoms with Crippen molar-refractivity contribution in [1.29, 1.82) is 0 Å². The molecule has 9 rings (SSSR count). The molecule has 0 amide bonds. The number of nitrogens with two attached hydrogens (primary N) is 1. The molecular formula is C43H21F10N5. The number of rotatable bonds is 4. The molecule has 5 heterocycles. The average Bonchev–Trinajstić information content (AvgIpc) is 4.07. The largest absolute Gasteiger partial charge is 0.399 e. The predicted molar refractivity (Wildman–Crippen MR) is 201 cm³/mol. The summed E-state index contributed by atoms with van der Waals surface area (Å²) < 4.78 is 150. The molecule has 0 fully saturated rings. The van der Waals surface area contributed by atoms with Crippen LogP contribution in [0.15, 0.2) is 84.9 Å². The lowest BCUT2D eigenvalue weighted by molar-refractivity contribution is 0.381. The first-order chi connectivity index (χ1) is 27.8. The fourth-order valence-corrected chi connectivity index (χ4v) is 7.14. The maximum absolute atomic E-state index is 15.6. The van der Waals surface area contributed by atoms with Gasteiger partial charge in [0, 0.05) is 50.0 Å². The van der Waals surface area contributed by atoms with Crippen molar-refractivity contribution in [3.8, 4) is 44.5 Å². The number of halogens is 10. The standard InChI is InChI=1S/C43H21F10N5/c44-34-32(35(45)39(49)42(52)38(34)48)30-25-11-9-21(55-25)22-10-12-26(56-22)31(33-36(46)40(50)43(53)41(51)37(33)47)28-16-14-24(58-28)29(23-13-15-27(30)57-23)19-3-1-17(2-4-19)18-5-7-20(54)8-6-18/h1-16,55,57-58H,54H2. The van der Waals surface area contributed by atoms with E-state index >= 15 is 17.6 Å². The summed E-state index contributed by atoms with van der Waals surface area (Å²) in [7, 11) is 0. The first-order valence-corrected chi connectivity index (χ1v) is 17.2. The number of anilines is 1. The minimum atomic E-state index is -2.36. The molecule has 0 spiro atoms. The molecule has 1 aliphatic heterocycles. The van der Waals surface area contributed by atoms with Crippen LogP contribution in [0, 0.1) is 58.2 Å². The molecule has 4 aromatic carbocycles. The van der Waals surface area contributed by atoms with Crippen LogP contribution in [0.2, 0.25) is 0 Å². The van der Waals surface area contributed by atoms with Crippen molar-refractivity contribution in [3.63, 3.8) is 0 Å². The van der Waals surface area contributed by atoms with Crippen LogP contribution in [0.4, 0.5) is 49.6 Å². The minimum absolute atomic E-state index is 0.0154. The number of H-pyrrole nitrogens is 3. The van der Waals surface area contributed by atoms with Crippen molar-refractivity contribution in [2.45, 2.75) is 0 Å². The highest BCUT2D eigenvalue weighted by atomic mass is 19.2. The van der Waals surface area contributed by atoms with E-state index in [9.17, 15) is 26.3 Å². The molecule has 4 aromatic heterocycles. The third-order valence-electron chi connectivity index (χ3n) is 9.91. The van der Waals surface area contributed by atoms with E-state index in [0.29, 0.717) is 16.8 Å². The summed E-state index contributed by atoms with van der Waals surface area (Å²) in [5.41, 5.74) is 5.12. The van der Waals surface area contributed by atoms with Crippen LogP contribution in [0.25, 0.3) is 89.8 Å². The molecule has 5 N–H and O–H groups in total. The van der Waals surface area contributed by atoms with E-state index in [1.54, 1.807) is 48.5 Å². The Kier molecular flexibility index (Phi) is 8.42. The fraction of sp³-hybridized carbons (Fsp3) is 0. The number of hydrogen-bond donors (Lipinski definition) is 4. The van der Waals surface area contributed by atoms with E-state index in [1.165, 1.54) is 48.6 Å². The monoisotopic (exact) mass is 797 g/mol. The van der Waals surface area contributed by atoms with Crippen molar-refractivity contribution in [2.24, 2.45) is 0 Å². The summed E-state index contributed by atoms with van der Waals surface area (Å²) in [4.78, 5) is 13.3.